The standard InChI is InChI=1S/C16H22FN3/c1-5-7-18-13(4)14-10-15(17)11(2)9-16(14)20-8-6-12(3)19-20/h6,8-10,13,18H,5,7H2,1-4H3. The third kappa shape index (κ3) is 3.07. The van der Waals surface area contributed by atoms with E-state index in [1.54, 1.807) is 13.0 Å². The zero-order valence-electron chi connectivity index (χ0n) is 12.6. The van der Waals surface area contributed by atoms with Crippen LogP contribution in [0.2, 0.25) is 0 Å². The number of hydrogen-bond acceptors (Lipinski definition) is 2. The summed E-state index contributed by atoms with van der Waals surface area (Å²) in [5.74, 6) is -0.169. The topological polar surface area (TPSA) is 29.9 Å². The Morgan fingerprint density at radius 3 is 2.70 bits per heavy atom. The molecule has 1 unspecified atom stereocenters. The number of rotatable bonds is 5. The fourth-order valence-corrected chi connectivity index (χ4v) is 2.25. The van der Waals surface area contributed by atoms with Crippen molar-refractivity contribution in [2.75, 3.05) is 6.54 Å². The molecule has 1 aromatic heterocycles. The second-order valence-electron chi connectivity index (χ2n) is 5.24. The van der Waals surface area contributed by atoms with Crippen molar-refractivity contribution in [2.24, 2.45) is 0 Å². The third-order valence-corrected chi connectivity index (χ3v) is 3.44. The largest absolute Gasteiger partial charge is 0.310 e. The van der Waals surface area contributed by atoms with Gasteiger partial charge in [0.2, 0.25) is 0 Å². The van der Waals surface area contributed by atoms with Gasteiger partial charge >= 0.3 is 0 Å². The number of nitrogens with zero attached hydrogens (tertiary/aromatic N) is 2. The molecule has 0 saturated heterocycles. The molecule has 1 heterocycles. The van der Waals surface area contributed by atoms with Crippen LogP contribution in [-0.2, 0) is 0 Å². The van der Waals surface area contributed by atoms with E-state index in [0.29, 0.717) is 5.56 Å². The summed E-state index contributed by atoms with van der Waals surface area (Å²) in [7, 11) is 0. The monoisotopic (exact) mass is 275 g/mol. The summed E-state index contributed by atoms with van der Waals surface area (Å²) < 4.78 is 15.7. The average molecular weight is 275 g/mol. The number of nitrogens with one attached hydrogen (secondary N) is 1. The molecule has 20 heavy (non-hydrogen) atoms. The van der Waals surface area contributed by atoms with Crippen LogP contribution >= 0.6 is 0 Å². The minimum Gasteiger partial charge on any atom is -0.310 e. The van der Waals surface area contributed by atoms with Crippen LogP contribution in [0.5, 0.6) is 0 Å². The number of benzene rings is 1. The fraction of sp³-hybridized carbons (Fsp3) is 0.438. The molecule has 4 heteroatoms. The van der Waals surface area contributed by atoms with Crippen molar-refractivity contribution in [1.82, 2.24) is 15.1 Å². The Labute approximate surface area is 119 Å². The average Bonchev–Trinajstić information content (AvgIpc) is 2.85. The highest BCUT2D eigenvalue weighted by atomic mass is 19.1. The summed E-state index contributed by atoms with van der Waals surface area (Å²) in [6, 6.07) is 5.52. The lowest BCUT2D eigenvalue weighted by Crippen LogP contribution is -2.21. The second kappa shape index (κ2) is 6.18. The highest BCUT2D eigenvalue weighted by Gasteiger charge is 2.15. The molecule has 0 aliphatic rings. The molecule has 1 N–H and O–H groups in total. The summed E-state index contributed by atoms with van der Waals surface area (Å²) >= 11 is 0. The maximum atomic E-state index is 13.9. The van der Waals surface area contributed by atoms with Gasteiger partial charge in [0.25, 0.3) is 0 Å². The van der Waals surface area contributed by atoms with Crippen LogP contribution in [0.3, 0.4) is 0 Å². The molecule has 2 rings (SSSR count). The van der Waals surface area contributed by atoms with Crippen molar-refractivity contribution < 1.29 is 4.39 Å². The van der Waals surface area contributed by atoms with Gasteiger partial charge in [0.15, 0.2) is 0 Å². The van der Waals surface area contributed by atoms with Gasteiger partial charge in [-0.25, -0.2) is 9.07 Å². The Kier molecular flexibility index (Phi) is 4.55. The van der Waals surface area contributed by atoms with E-state index >= 15 is 0 Å². The molecule has 0 spiro atoms. The highest BCUT2D eigenvalue weighted by Crippen LogP contribution is 2.25. The van der Waals surface area contributed by atoms with E-state index in [9.17, 15) is 4.39 Å². The molecule has 2 aromatic rings. The van der Waals surface area contributed by atoms with E-state index in [1.165, 1.54) is 0 Å². The smallest absolute Gasteiger partial charge is 0.126 e. The molecule has 0 bridgehead atoms. The third-order valence-electron chi connectivity index (χ3n) is 3.44. The van der Waals surface area contributed by atoms with Crippen LogP contribution in [-0.4, -0.2) is 16.3 Å². The van der Waals surface area contributed by atoms with E-state index in [2.05, 4.69) is 24.3 Å². The van der Waals surface area contributed by atoms with E-state index in [-0.39, 0.29) is 11.9 Å². The molecule has 0 saturated carbocycles. The van der Waals surface area contributed by atoms with E-state index in [4.69, 9.17) is 0 Å². The Hall–Kier alpha value is -1.68. The first-order valence-corrected chi connectivity index (χ1v) is 7.09. The summed E-state index contributed by atoms with van der Waals surface area (Å²) in [6.45, 7) is 8.81. The van der Waals surface area contributed by atoms with Crippen molar-refractivity contribution in [1.29, 1.82) is 0 Å². The lowest BCUT2D eigenvalue weighted by atomic mass is 10.0. The van der Waals surface area contributed by atoms with Gasteiger partial charge in [-0.3, -0.25) is 0 Å². The molecule has 0 radical (unpaired) electrons. The minimum absolute atomic E-state index is 0.0876. The maximum Gasteiger partial charge on any atom is 0.126 e. The predicted molar refractivity (Wildman–Crippen MR) is 79.7 cm³/mol. The van der Waals surface area contributed by atoms with Crippen LogP contribution in [0.4, 0.5) is 4.39 Å². The van der Waals surface area contributed by atoms with Crippen LogP contribution < -0.4 is 5.32 Å². The summed E-state index contributed by atoms with van der Waals surface area (Å²) in [6.07, 6.45) is 2.97. The van der Waals surface area contributed by atoms with Crippen molar-refractivity contribution in [3.05, 3.63) is 47.0 Å². The van der Waals surface area contributed by atoms with Gasteiger partial charge in [0, 0.05) is 12.2 Å². The number of halogens is 1. The zero-order chi connectivity index (χ0) is 14.7. The van der Waals surface area contributed by atoms with Gasteiger partial charge in [-0.1, -0.05) is 6.92 Å². The van der Waals surface area contributed by atoms with Gasteiger partial charge in [-0.15, -0.1) is 0 Å². The molecule has 1 atom stereocenters. The Morgan fingerprint density at radius 2 is 2.10 bits per heavy atom. The Morgan fingerprint density at radius 1 is 1.35 bits per heavy atom. The van der Waals surface area contributed by atoms with E-state index in [1.807, 2.05) is 29.9 Å². The first-order valence-electron chi connectivity index (χ1n) is 7.09. The molecular formula is C16H22FN3. The molecule has 0 aliphatic heterocycles. The van der Waals surface area contributed by atoms with Gasteiger partial charge in [0.05, 0.1) is 11.4 Å². The SMILES string of the molecule is CCCNC(C)c1cc(F)c(C)cc1-n1ccc(C)n1. The maximum absolute atomic E-state index is 13.9. The molecule has 0 amide bonds. The summed E-state index contributed by atoms with van der Waals surface area (Å²) in [5.41, 5.74) is 3.46. The molecule has 0 aliphatic carbocycles. The first kappa shape index (κ1) is 14.7. The number of hydrogen-bond donors (Lipinski definition) is 1. The minimum atomic E-state index is -0.169. The lowest BCUT2D eigenvalue weighted by molar-refractivity contribution is 0.556. The molecule has 3 nitrogen and oxygen atoms in total. The van der Waals surface area contributed by atoms with Crippen LogP contribution in [0.15, 0.2) is 24.4 Å². The van der Waals surface area contributed by atoms with Crippen LogP contribution in [0.1, 0.15) is 43.1 Å². The molecule has 108 valence electrons. The van der Waals surface area contributed by atoms with Crippen molar-refractivity contribution in [3.8, 4) is 5.69 Å². The molecule has 0 fully saturated rings. The quantitative estimate of drug-likeness (QED) is 0.902. The Bertz CT molecular complexity index is 589. The van der Waals surface area contributed by atoms with Crippen LogP contribution in [0.25, 0.3) is 5.69 Å². The number of aryl methyl sites for hydroxylation is 2. The molecular weight excluding hydrogens is 253 g/mol. The van der Waals surface area contributed by atoms with Gasteiger partial charge in [-0.2, -0.15) is 5.10 Å². The van der Waals surface area contributed by atoms with Crippen LogP contribution in [0, 0.1) is 19.7 Å². The van der Waals surface area contributed by atoms with Gasteiger partial charge in [-0.05, 0) is 63.1 Å². The summed E-state index contributed by atoms with van der Waals surface area (Å²) in [4.78, 5) is 0. The predicted octanol–water partition coefficient (Wildman–Crippen LogP) is 3.69. The van der Waals surface area contributed by atoms with Gasteiger partial charge in [0.1, 0.15) is 5.82 Å². The molecule has 1 aromatic carbocycles. The van der Waals surface area contributed by atoms with Gasteiger partial charge < -0.3 is 5.32 Å². The van der Waals surface area contributed by atoms with E-state index in [0.717, 1.165) is 29.9 Å². The highest BCUT2D eigenvalue weighted by molar-refractivity contribution is 5.45. The normalized spacial score (nSPS) is 12.7. The second-order valence-corrected chi connectivity index (χ2v) is 5.24. The summed E-state index contributed by atoms with van der Waals surface area (Å²) in [5, 5.41) is 7.85. The first-order chi connectivity index (χ1) is 9.52. The fourth-order valence-electron chi connectivity index (χ4n) is 2.25. The van der Waals surface area contributed by atoms with Crippen molar-refractivity contribution in [3.63, 3.8) is 0 Å². The zero-order valence-corrected chi connectivity index (χ0v) is 12.6. The number of aromatic nitrogens is 2. The van der Waals surface area contributed by atoms with E-state index < -0.39 is 0 Å². The van der Waals surface area contributed by atoms with Crippen molar-refractivity contribution in [2.45, 2.75) is 40.2 Å². The Balaban J connectivity index is 2.45. The lowest BCUT2D eigenvalue weighted by Gasteiger charge is -2.19. The van der Waals surface area contributed by atoms with Crippen molar-refractivity contribution >= 4 is 0 Å².